The molecule has 0 aromatic rings. The lowest BCUT2D eigenvalue weighted by atomic mass is 9.47. The van der Waals surface area contributed by atoms with Crippen LogP contribution in [0.4, 0.5) is 0 Å². The van der Waals surface area contributed by atoms with Crippen molar-refractivity contribution in [2.45, 2.75) is 64.4 Å². The van der Waals surface area contributed by atoms with Gasteiger partial charge in [0.2, 0.25) is 0 Å². The molecule has 3 unspecified atom stereocenters. The fraction of sp³-hybridized carbons (Fsp3) is 0.762. The zero-order valence-corrected chi connectivity index (χ0v) is 15.6. The van der Waals surface area contributed by atoms with Crippen molar-refractivity contribution in [3.05, 3.63) is 11.6 Å². The number of carbonyl (C=O) groups excluding carboxylic acids is 3. The molecule has 0 aromatic heterocycles. The average Bonchev–Trinajstić information content (AvgIpc) is 2.86. The fourth-order valence-corrected chi connectivity index (χ4v) is 6.98. The summed E-state index contributed by atoms with van der Waals surface area (Å²) in [5.41, 5.74) is -1.55. The molecule has 0 aromatic carbocycles. The number of rotatable bonds is 2. The summed E-state index contributed by atoms with van der Waals surface area (Å²) < 4.78 is 0. The fourth-order valence-electron chi connectivity index (χ4n) is 6.98. The van der Waals surface area contributed by atoms with E-state index in [-0.39, 0.29) is 41.2 Å². The number of fused-ring (bicyclic) bond motifs is 5. The predicted molar refractivity (Wildman–Crippen MR) is 94.1 cm³/mol. The topological polar surface area (TPSA) is 91.7 Å². The van der Waals surface area contributed by atoms with Crippen molar-refractivity contribution in [2.24, 2.45) is 28.6 Å². The van der Waals surface area contributed by atoms with Gasteiger partial charge in [-0.25, -0.2) is 0 Å². The van der Waals surface area contributed by atoms with Crippen LogP contribution in [0.1, 0.15) is 58.8 Å². The number of ketones is 3. The van der Waals surface area contributed by atoms with Gasteiger partial charge < -0.3 is 10.2 Å². The van der Waals surface area contributed by atoms with E-state index in [9.17, 15) is 24.6 Å². The van der Waals surface area contributed by atoms with Gasteiger partial charge in [-0.2, -0.15) is 0 Å². The van der Waals surface area contributed by atoms with Gasteiger partial charge in [-0.3, -0.25) is 14.4 Å². The lowest BCUT2D eigenvalue weighted by Gasteiger charge is -2.57. The number of carbonyl (C=O) groups is 3. The molecule has 0 aliphatic heterocycles. The van der Waals surface area contributed by atoms with E-state index in [4.69, 9.17) is 0 Å². The van der Waals surface area contributed by atoms with Gasteiger partial charge in [-0.1, -0.05) is 19.4 Å². The highest BCUT2D eigenvalue weighted by Crippen LogP contribution is 2.66. The average molecular weight is 363 g/mol. The van der Waals surface area contributed by atoms with Crippen LogP contribution >= 0.6 is 0 Å². The van der Waals surface area contributed by atoms with Gasteiger partial charge in [0.25, 0.3) is 0 Å². The molecule has 0 radical (unpaired) electrons. The molecule has 26 heavy (non-hydrogen) atoms. The summed E-state index contributed by atoms with van der Waals surface area (Å²) >= 11 is 0. The van der Waals surface area contributed by atoms with Crippen molar-refractivity contribution in [3.63, 3.8) is 0 Å². The van der Waals surface area contributed by atoms with Crippen LogP contribution < -0.4 is 0 Å². The molecule has 4 rings (SSSR count). The third-order valence-electron chi connectivity index (χ3n) is 8.41. The Kier molecular flexibility index (Phi) is 3.88. The number of allylic oxidation sites excluding steroid dienone is 1. The monoisotopic (exact) mass is 363 g/mol. The Labute approximate surface area is 153 Å². The second-order valence-corrected chi connectivity index (χ2v) is 9.38. The molecule has 0 heterocycles. The molecule has 0 amide bonds. The van der Waals surface area contributed by atoms with Gasteiger partial charge in [0.1, 0.15) is 18.0 Å². The first-order valence-corrected chi connectivity index (χ1v) is 9.80. The highest BCUT2D eigenvalue weighted by atomic mass is 16.3. The first-order valence-electron chi connectivity index (χ1n) is 9.80. The SMILES string of the molecule is C[C@]12C[13CH2][13C](=O)[13CH]=C1CCC1C2C(=O)C[C@@]2(C)C1CC[C@]2(O)C(=O)CO. The van der Waals surface area contributed by atoms with E-state index in [2.05, 4.69) is 6.92 Å². The summed E-state index contributed by atoms with van der Waals surface area (Å²) in [5.74, 6) is -0.172. The largest absolute Gasteiger partial charge is 0.388 e. The molecule has 142 valence electrons. The van der Waals surface area contributed by atoms with Crippen LogP contribution in [0, 0.1) is 28.6 Å². The Balaban J connectivity index is 1.75. The number of hydrogen-bond donors (Lipinski definition) is 2. The number of hydrogen-bond acceptors (Lipinski definition) is 5. The Morgan fingerprint density at radius 3 is 2.62 bits per heavy atom. The summed E-state index contributed by atoms with van der Waals surface area (Å²) in [6.07, 6.45) is 5.83. The second-order valence-electron chi connectivity index (χ2n) is 9.38. The molecule has 3 saturated carbocycles. The van der Waals surface area contributed by atoms with E-state index in [1.165, 1.54) is 0 Å². The summed E-state index contributed by atoms with van der Waals surface area (Å²) in [5, 5.41) is 20.5. The van der Waals surface area contributed by atoms with Crippen LogP contribution in [-0.2, 0) is 14.4 Å². The number of aliphatic hydroxyl groups excluding tert-OH is 1. The Morgan fingerprint density at radius 1 is 1.19 bits per heavy atom. The van der Waals surface area contributed by atoms with E-state index in [1.54, 1.807) is 6.08 Å². The van der Waals surface area contributed by atoms with Gasteiger partial charge in [0, 0.05) is 24.2 Å². The maximum Gasteiger partial charge on any atom is 0.190 e. The Hall–Kier alpha value is -1.33. The van der Waals surface area contributed by atoms with Crippen LogP contribution in [0.15, 0.2) is 11.6 Å². The highest BCUT2D eigenvalue weighted by molar-refractivity contribution is 5.94. The molecule has 6 atom stereocenters. The van der Waals surface area contributed by atoms with Crippen LogP contribution in [-0.4, -0.2) is 39.8 Å². The van der Waals surface area contributed by atoms with Crippen molar-refractivity contribution in [1.82, 2.24) is 0 Å². The Bertz CT molecular complexity index is 724. The predicted octanol–water partition coefficient (Wildman–Crippen LogP) is 1.99. The van der Waals surface area contributed by atoms with Gasteiger partial charge in [0.05, 0.1) is 0 Å². The lowest BCUT2D eigenvalue weighted by molar-refractivity contribution is -0.170. The smallest absolute Gasteiger partial charge is 0.190 e. The molecule has 3 fully saturated rings. The van der Waals surface area contributed by atoms with E-state index < -0.39 is 23.4 Å². The molecule has 0 saturated heterocycles. The first kappa shape index (κ1) is 18.1. The summed E-state index contributed by atoms with van der Waals surface area (Å²) in [4.78, 5) is 37.5. The molecule has 4 aliphatic rings. The Morgan fingerprint density at radius 2 is 1.92 bits per heavy atom. The van der Waals surface area contributed by atoms with Crippen molar-refractivity contribution < 1.29 is 24.6 Å². The zero-order chi connectivity index (χ0) is 18.9. The van der Waals surface area contributed by atoms with Crippen molar-refractivity contribution in [1.29, 1.82) is 0 Å². The maximum absolute atomic E-state index is 13.3. The van der Waals surface area contributed by atoms with Crippen molar-refractivity contribution in [3.8, 4) is 0 Å². The van der Waals surface area contributed by atoms with Crippen LogP contribution in [0.25, 0.3) is 0 Å². The zero-order valence-electron chi connectivity index (χ0n) is 15.6. The van der Waals surface area contributed by atoms with Crippen molar-refractivity contribution >= 4 is 17.3 Å². The molecular formula is C21H28O5. The van der Waals surface area contributed by atoms with Gasteiger partial charge >= 0.3 is 0 Å². The summed E-state index contributed by atoms with van der Waals surface area (Å²) in [6.45, 7) is 3.31. The number of Topliss-reactive ketones (excluding diaryl/α,β-unsaturated/α-hetero) is 2. The maximum atomic E-state index is 13.3. The van der Waals surface area contributed by atoms with E-state index in [0.29, 0.717) is 25.7 Å². The van der Waals surface area contributed by atoms with Crippen LogP contribution in [0.3, 0.4) is 0 Å². The van der Waals surface area contributed by atoms with Gasteiger partial charge in [-0.05, 0) is 55.4 Å². The quantitative estimate of drug-likeness (QED) is 0.732. The molecule has 5 nitrogen and oxygen atoms in total. The van der Waals surface area contributed by atoms with E-state index in [1.807, 2.05) is 6.92 Å². The minimum Gasteiger partial charge on any atom is -0.388 e. The minimum absolute atomic E-state index is 0.0988. The molecule has 0 bridgehead atoms. The van der Waals surface area contributed by atoms with E-state index >= 15 is 0 Å². The van der Waals surface area contributed by atoms with Crippen LogP contribution in [0.2, 0.25) is 0 Å². The van der Waals surface area contributed by atoms with Gasteiger partial charge in [0.15, 0.2) is 11.6 Å². The normalized spacial score (nSPS) is 47.7. The molecule has 0 spiro atoms. The van der Waals surface area contributed by atoms with Gasteiger partial charge in [-0.15, -0.1) is 0 Å². The third-order valence-corrected chi connectivity index (χ3v) is 8.41. The molecule has 5 heteroatoms. The number of aliphatic hydroxyl groups is 2. The lowest BCUT2D eigenvalue weighted by Crippen LogP contribution is -2.60. The van der Waals surface area contributed by atoms with Crippen molar-refractivity contribution in [2.75, 3.05) is 6.61 Å². The van der Waals surface area contributed by atoms with E-state index in [0.717, 1.165) is 18.4 Å². The minimum atomic E-state index is -1.60. The standard InChI is InChI=1S/C21H28O5/c1-19-7-5-13(23)9-12(19)3-4-14-15-6-8-21(26,17(25)11-22)20(15,2)10-16(24)18(14)19/h9,14-15,18,22,26H,3-8,10-11H2,1-2H3/t14?,15?,18?,19-,20-,21-/m0/s1/i5+1,9+1,13+1. The summed E-state index contributed by atoms with van der Waals surface area (Å²) in [6, 6.07) is 0. The molecule has 2 N–H and O–H groups in total. The molecule has 4 aliphatic carbocycles. The highest BCUT2D eigenvalue weighted by Gasteiger charge is 2.68. The molecular weight excluding hydrogens is 335 g/mol. The van der Waals surface area contributed by atoms with Crippen LogP contribution in [0.5, 0.6) is 0 Å². The third kappa shape index (κ3) is 2.07. The first-order chi connectivity index (χ1) is 12.2. The second kappa shape index (κ2) is 5.59. The summed E-state index contributed by atoms with van der Waals surface area (Å²) in [7, 11) is 0.